The van der Waals surface area contributed by atoms with E-state index < -0.39 is 11.5 Å². The standard InChI is InChI=1S/C14H26N2O3S/c1-13(2,20-3)10-15-12(19)16-14(11(17)18)8-6-4-5-7-9-14/h4-10H2,1-3H3,(H,17,18)(H2,15,16,19). The van der Waals surface area contributed by atoms with Crippen LogP contribution in [0.2, 0.25) is 0 Å². The van der Waals surface area contributed by atoms with Crippen LogP contribution >= 0.6 is 11.8 Å². The molecular weight excluding hydrogens is 276 g/mol. The van der Waals surface area contributed by atoms with Gasteiger partial charge in [0.2, 0.25) is 0 Å². The Morgan fingerprint density at radius 2 is 1.75 bits per heavy atom. The number of carboxylic acid groups (broad SMARTS) is 1. The second-order valence-electron chi connectivity index (χ2n) is 6.07. The van der Waals surface area contributed by atoms with Gasteiger partial charge < -0.3 is 15.7 Å². The average molecular weight is 302 g/mol. The molecule has 0 aromatic heterocycles. The molecule has 0 heterocycles. The molecule has 0 spiro atoms. The summed E-state index contributed by atoms with van der Waals surface area (Å²) in [6, 6.07) is -0.378. The molecule has 0 unspecified atom stereocenters. The summed E-state index contributed by atoms with van der Waals surface area (Å²) < 4.78 is -0.0584. The molecule has 0 saturated heterocycles. The van der Waals surface area contributed by atoms with Gasteiger partial charge in [-0.3, -0.25) is 0 Å². The van der Waals surface area contributed by atoms with Crippen molar-refractivity contribution in [2.75, 3.05) is 12.8 Å². The van der Waals surface area contributed by atoms with E-state index in [2.05, 4.69) is 10.6 Å². The second-order valence-corrected chi connectivity index (χ2v) is 7.59. The zero-order valence-electron chi connectivity index (χ0n) is 12.6. The minimum atomic E-state index is -1.09. The van der Waals surface area contributed by atoms with Gasteiger partial charge in [-0.2, -0.15) is 11.8 Å². The van der Waals surface area contributed by atoms with E-state index in [0.29, 0.717) is 19.4 Å². The number of carbonyl (C=O) groups is 2. The molecule has 1 aliphatic rings. The monoisotopic (exact) mass is 302 g/mol. The van der Waals surface area contributed by atoms with E-state index >= 15 is 0 Å². The maximum Gasteiger partial charge on any atom is 0.329 e. The number of carboxylic acids is 1. The molecule has 0 aromatic carbocycles. The first-order chi connectivity index (χ1) is 9.31. The van der Waals surface area contributed by atoms with Crippen LogP contribution in [-0.4, -0.2) is 40.2 Å². The van der Waals surface area contributed by atoms with Crippen molar-refractivity contribution in [1.29, 1.82) is 0 Å². The van der Waals surface area contributed by atoms with Crippen LogP contribution in [0.25, 0.3) is 0 Å². The highest BCUT2D eigenvalue weighted by molar-refractivity contribution is 7.99. The maximum absolute atomic E-state index is 12.0. The van der Waals surface area contributed by atoms with Crippen molar-refractivity contribution in [3.63, 3.8) is 0 Å². The van der Waals surface area contributed by atoms with E-state index in [1.165, 1.54) is 0 Å². The molecule has 1 rings (SSSR count). The Morgan fingerprint density at radius 1 is 1.20 bits per heavy atom. The summed E-state index contributed by atoms with van der Waals surface area (Å²) in [5.74, 6) is -0.918. The van der Waals surface area contributed by atoms with Crippen molar-refractivity contribution in [1.82, 2.24) is 10.6 Å². The maximum atomic E-state index is 12.0. The number of hydrogen-bond acceptors (Lipinski definition) is 3. The Balaban J connectivity index is 2.61. The molecule has 0 radical (unpaired) electrons. The van der Waals surface area contributed by atoms with Crippen molar-refractivity contribution in [3.8, 4) is 0 Å². The summed E-state index contributed by atoms with van der Waals surface area (Å²) in [4.78, 5) is 23.6. The van der Waals surface area contributed by atoms with Crippen molar-refractivity contribution in [3.05, 3.63) is 0 Å². The van der Waals surface area contributed by atoms with Gasteiger partial charge in [0, 0.05) is 11.3 Å². The molecule has 2 amide bonds. The largest absolute Gasteiger partial charge is 0.480 e. The number of hydrogen-bond donors (Lipinski definition) is 3. The lowest BCUT2D eigenvalue weighted by molar-refractivity contribution is -0.145. The molecule has 1 aliphatic carbocycles. The SMILES string of the molecule is CSC(C)(C)CNC(=O)NC1(C(=O)O)CCCCCC1. The van der Waals surface area contributed by atoms with Crippen molar-refractivity contribution < 1.29 is 14.7 Å². The minimum Gasteiger partial charge on any atom is -0.480 e. The zero-order valence-corrected chi connectivity index (χ0v) is 13.4. The Labute approximate surface area is 125 Å². The van der Waals surface area contributed by atoms with E-state index in [1.807, 2.05) is 20.1 Å². The van der Waals surface area contributed by atoms with Crippen LogP contribution in [-0.2, 0) is 4.79 Å². The molecule has 116 valence electrons. The number of urea groups is 1. The summed E-state index contributed by atoms with van der Waals surface area (Å²) in [6.45, 7) is 4.59. The van der Waals surface area contributed by atoms with Gasteiger partial charge in [-0.25, -0.2) is 9.59 Å². The molecule has 20 heavy (non-hydrogen) atoms. The van der Waals surface area contributed by atoms with Crippen molar-refractivity contribution >= 4 is 23.8 Å². The Kier molecular flexibility index (Phi) is 6.17. The Hall–Kier alpha value is -0.910. The van der Waals surface area contributed by atoms with Gasteiger partial charge in [-0.1, -0.05) is 25.7 Å². The zero-order chi connectivity index (χ0) is 15.2. The minimum absolute atomic E-state index is 0.0584. The number of rotatable bonds is 5. The van der Waals surface area contributed by atoms with Gasteiger partial charge in [0.25, 0.3) is 0 Å². The second kappa shape index (κ2) is 7.20. The molecule has 0 atom stereocenters. The first kappa shape index (κ1) is 17.1. The molecule has 6 heteroatoms. The van der Waals surface area contributed by atoms with Crippen molar-refractivity contribution in [2.45, 2.75) is 62.7 Å². The summed E-state index contributed by atoms with van der Waals surface area (Å²) >= 11 is 1.67. The number of aliphatic carboxylic acids is 1. The predicted octanol–water partition coefficient (Wildman–Crippen LogP) is 2.60. The fraction of sp³-hybridized carbons (Fsp3) is 0.857. The molecule has 0 bridgehead atoms. The summed E-state index contributed by atoms with van der Waals surface area (Å²) in [7, 11) is 0. The fourth-order valence-electron chi connectivity index (χ4n) is 2.35. The first-order valence-electron chi connectivity index (χ1n) is 7.16. The van der Waals surface area contributed by atoms with Crippen molar-refractivity contribution in [2.24, 2.45) is 0 Å². The third-order valence-corrected chi connectivity index (χ3v) is 5.20. The lowest BCUT2D eigenvalue weighted by atomic mass is 9.90. The number of amides is 2. The van der Waals surface area contributed by atoms with Crippen LogP contribution in [0.15, 0.2) is 0 Å². The molecule has 3 N–H and O–H groups in total. The molecule has 1 fully saturated rings. The van der Waals surface area contributed by atoms with Gasteiger partial charge in [-0.15, -0.1) is 0 Å². The fourth-order valence-corrected chi connectivity index (χ4v) is 2.57. The van der Waals surface area contributed by atoms with Gasteiger partial charge in [0.15, 0.2) is 0 Å². The summed E-state index contributed by atoms with van der Waals surface area (Å²) in [5, 5.41) is 15.0. The lowest BCUT2D eigenvalue weighted by Crippen LogP contribution is -2.57. The first-order valence-corrected chi connectivity index (χ1v) is 8.38. The van der Waals surface area contributed by atoms with E-state index in [1.54, 1.807) is 11.8 Å². The van der Waals surface area contributed by atoms with E-state index in [4.69, 9.17) is 0 Å². The third kappa shape index (κ3) is 4.89. The predicted molar refractivity (Wildman–Crippen MR) is 82.2 cm³/mol. The van der Waals surface area contributed by atoms with E-state index in [9.17, 15) is 14.7 Å². The van der Waals surface area contributed by atoms with E-state index in [0.717, 1.165) is 25.7 Å². The Bertz CT molecular complexity index is 350. The van der Waals surface area contributed by atoms with Crippen LogP contribution in [0.5, 0.6) is 0 Å². The molecule has 0 aromatic rings. The van der Waals surface area contributed by atoms with E-state index in [-0.39, 0.29) is 10.8 Å². The molecule has 1 saturated carbocycles. The van der Waals surface area contributed by atoms with Crippen LogP contribution in [0.3, 0.4) is 0 Å². The molecule has 0 aliphatic heterocycles. The third-order valence-electron chi connectivity index (χ3n) is 3.95. The quantitative estimate of drug-likeness (QED) is 0.682. The van der Waals surface area contributed by atoms with Gasteiger partial charge in [0.05, 0.1) is 0 Å². The summed E-state index contributed by atoms with van der Waals surface area (Å²) in [6.07, 6.45) is 6.80. The number of nitrogens with one attached hydrogen (secondary N) is 2. The highest BCUT2D eigenvalue weighted by Gasteiger charge is 2.40. The van der Waals surface area contributed by atoms with Crippen LogP contribution in [0.4, 0.5) is 4.79 Å². The highest BCUT2D eigenvalue weighted by Crippen LogP contribution is 2.27. The highest BCUT2D eigenvalue weighted by atomic mass is 32.2. The van der Waals surface area contributed by atoms with Gasteiger partial charge >= 0.3 is 12.0 Å². The Morgan fingerprint density at radius 3 is 2.20 bits per heavy atom. The normalized spacial score (nSPS) is 18.9. The van der Waals surface area contributed by atoms with Gasteiger partial charge in [-0.05, 0) is 32.9 Å². The number of carbonyl (C=O) groups excluding carboxylic acids is 1. The van der Waals surface area contributed by atoms with Crippen LogP contribution in [0.1, 0.15) is 52.4 Å². The molecular formula is C14H26N2O3S. The number of thioether (sulfide) groups is 1. The van der Waals surface area contributed by atoms with Gasteiger partial charge in [0.1, 0.15) is 5.54 Å². The summed E-state index contributed by atoms with van der Waals surface area (Å²) in [5.41, 5.74) is -1.09. The van der Waals surface area contributed by atoms with Crippen LogP contribution < -0.4 is 10.6 Å². The lowest BCUT2D eigenvalue weighted by Gasteiger charge is -2.30. The van der Waals surface area contributed by atoms with Crippen LogP contribution in [0, 0.1) is 0 Å². The average Bonchev–Trinajstić information content (AvgIpc) is 2.63. The molecule has 5 nitrogen and oxygen atoms in total. The smallest absolute Gasteiger partial charge is 0.329 e. The topological polar surface area (TPSA) is 78.4 Å².